The molecule has 112 valence electrons. The van der Waals surface area contributed by atoms with E-state index in [2.05, 4.69) is 10.3 Å². The molecule has 0 radical (unpaired) electrons. The fourth-order valence-electron chi connectivity index (χ4n) is 2.36. The topological polar surface area (TPSA) is 24.9 Å². The summed E-state index contributed by atoms with van der Waals surface area (Å²) < 4.78 is 37.7. The van der Waals surface area contributed by atoms with Gasteiger partial charge in [-0.1, -0.05) is 23.8 Å². The van der Waals surface area contributed by atoms with Crippen LogP contribution in [0.4, 0.5) is 13.2 Å². The third-order valence-corrected chi connectivity index (χ3v) is 3.43. The molecule has 21 heavy (non-hydrogen) atoms. The number of aryl methyl sites for hydroxylation is 2. The molecule has 5 heteroatoms. The molecule has 0 bridgehead atoms. The zero-order chi connectivity index (χ0) is 15.6. The highest BCUT2D eigenvalue weighted by Crippen LogP contribution is 2.30. The molecule has 0 aliphatic heterocycles. The normalized spacial score (nSPS) is 13.2. The van der Waals surface area contributed by atoms with Crippen molar-refractivity contribution in [2.24, 2.45) is 0 Å². The fourth-order valence-corrected chi connectivity index (χ4v) is 2.36. The highest BCUT2D eigenvalue weighted by atomic mass is 19.4. The van der Waals surface area contributed by atoms with Gasteiger partial charge in [-0.3, -0.25) is 4.98 Å². The lowest BCUT2D eigenvalue weighted by Crippen LogP contribution is -2.20. The van der Waals surface area contributed by atoms with Crippen molar-refractivity contribution >= 4 is 0 Å². The molecule has 1 heterocycles. The van der Waals surface area contributed by atoms with Crippen LogP contribution >= 0.6 is 0 Å². The number of halogens is 3. The molecule has 2 aromatic rings. The Hall–Kier alpha value is -1.88. The smallest absolute Gasteiger partial charge is 0.308 e. The Balaban J connectivity index is 2.37. The van der Waals surface area contributed by atoms with Crippen molar-refractivity contribution in [3.8, 4) is 0 Å². The van der Waals surface area contributed by atoms with Gasteiger partial charge in [0.2, 0.25) is 0 Å². The monoisotopic (exact) mass is 294 g/mol. The summed E-state index contributed by atoms with van der Waals surface area (Å²) in [6, 6.07) is 8.26. The average molecular weight is 294 g/mol. The van der Waals surface area contributed by atoms with E-state index in [1.54, 1.807) is 7.05 Å². The van der Waals surface area contributed by atoms with Gasteiger partial charge >= 0.3 is 6.18 Å². The van der Waals surface area contributed by atoms with Crippen LogP contribution in [0, 0.1) is 13.8 Å². The molecule has 1 unspecified atom stereocenters. The van der Waals surface area contributed by atoms with E-state index in [-0.39, 0.29) is 6.04 Å². The number of nitrogens with zero attached hydrogens (tertiary/aromatic N) is 1. The van der Waals surface area contributed by atoms with Gasteiger partial charge in [-0.25, -0.2) is 0 Å². The van der Waals surface area contributed by atoms with Gasteiger partial charge in [0, 0.05) is 6.20 Å². The second-order valence-electron chi connectivity index (χ2n) is 5.05. The van der Waals surface area contributed by atoms with Gasteiger partial charge < -0.3 is 5.32 Å². The second kappa shape index (κ2) is 5.85. The molecule has 0 spiro atoms. The van der Waals surface area contributed by atoms with Crippen LogP contribution in [-0.4, -0.2) is 12.0 Å². The van der Waals surface area contributed by atoms with E-state index in [0.29, 0.717) is 5.69 Å². The van der Waals surface area contributed by atoms with Crippen LogP contribution in [0.15, 0.2) is 36.5 Å². The van der Waals surface area contributed by atoms with E-state index < -0.39 is 11.7 Å². The van der Waals surface area contributed by atoms with E-state index >= 15 is 0 Å². The summed E-state index contributed by atoms with van der Waals surface area (Å²) >= 11 is 0. The summed E-state index contributed by atoms with van der Waals surface area (Å²) in [5, 5.41) is 3.11. The molecule has 0 amide bonds. The standard InChI is InChI=1S/C16H17F3N2/c1-10-4-6-13(11(2)8-10)15(20-3)14-7-5-12(9-21-14)16(17,18)19/h4-9,15,20H,1-3H3. The van der Waals surface area contributed by atoms with Crippen LogP contribution in [0.3, 0.4) is 0 Å². The Morgan fingerprint density at radius 2 is 1.81 bits per heavy atom. The van der Waals surface area contributed by atoms with Crippen molar-refractivity contribution in [3.05, 3.63) is 64.5 Å². The highest BCUT2D eigenvalue weighted by molar-refractivity contribution is 5.37. The van der Waals surface area contributed by atoms with Crippen LogP contribution < -0.4 is 5.32 Å². The predicted octanol–water partition coefficient (Wildman–Crippen LogP) is 4.03. The Bertz CT molecular complexity index is 618. The summed E-state index contributed by atoms with van der Waals surface area (Å²) in [4.78, 5) is 3.97. The Morgan fingerprint density at radius 1 is 1.10 bits per heavy atom. The van der Waals surface area contributed by atoms with E-state index in [1.165, 1.54) is 6.07 Å². The molecular weight excluding hydrogens is 277 g/mol. The number of rotatable bonds is 3. The molecule has 1 atom stereocenters. The molecule has 1 aromatic carbocycles. The first-order valence-electron chi connectivity index (χ1n) is 6.60. The van der Waals surface area contributed by atoms with Crippen LogP contribution in [0.2, 0.25) is 0 Å². The Labute approximate surface area is 122 Å². The molecule has 0 fully saturated rings. The summed E-state index contributed by atoms with van der Waals surface area (Å²) in [5.74, 6) is 0. The minimum absolute atomic E-state index is 0.229. The summed E-state index contributed by atoms with van der Waals surface area (Å²) in [7, 11) is 1.77. The molecule has 1 aromatic heterocycles. The van der Waals surface area contributed by atoms with Gasteiger partial charge in [0.05, 0.1) is 17.3 Å². The van der Waals surface area contributed by atoms with Crippen molar-refractivity contribution in [2.45, 2.75) is 26.1 Å². The lowest BCUT2D eigenvalue weighted by Gasteiger charge is -2.19. The number of benzene rings is 1. The van der Waals surface area contributed by atoms with Crippen molar-refractivity contribution in [2.75, 3.05) is 7.05 Å². The number of alkyl halides is 3. The van der Waals surface area contributed by atoms with E-state index in [0.717, 1.165) is 29.0 Å². The van der Waals surface area contributed by atoms with Crippen molar-refractivity contribution in [3.63, 3.8) is 0 Å². The first-order chi connectivity index (χ1) is 9.82. The van der Waals surface area contributed by atoms with Crippen molar-refractivity contribution < 1.29 is 13.2 Å². The molecule has 2 nitrogen and oxygen atoms in total. The SMILES string of the molecule is CNC(c1ccc(C(F)(F)F)cn1)c1ccc(C)cc1C. The minimum atomic E-state index is -4.36. The first-order valence-corrected chi connectivity index (χ1v) is 6.60. The van der Waals surface area contributed by atoms with Crippen LogP contribution in [0.1, 0.15) is 34.0 Å². The third kappa shape index (κ3) is 3.42. The molecule has 0 aliphatic rings. The van der Waals surface area contributed by atoms with E-state index in [1.807, 2.05) is 32.0 Å². The number of hydrogen-bond donors (Lipinski definition) is 1. The van der Waals surface area contributed by atoms with Gasteiger partial charge in [-0.15, -0.1) is 0 Å². The minimum Gasteiger partial charge on any atom is -0.308 e. The maximum atomic E-state index is 12.6. The molecule has 0 saturated carbocycles. The molecule has 2 rings (SSSR count). The van der Waals surface area contributed by atoms with Gasteiger partial charge in [0.25, 0.3) is 0 Å². The van der Waals surface area contributed by atoms with Crippen LogP contribution in [-0.2, 0) is 6.18 Å². The quantitative estimate of drug-likeness (QED) is 0.924. The lowest BCUT2D eigenvalue weighted by molar-refractivity contribution is -0.137. The number of nitrogens with one attached hydrogen (secondary N) is 1. The Morgan fingerprint density at radius 3 is 2.29 bits per heavy atom. The molecule has 1 N–H and O–H groups in total. The molecule has 0 saturated heterocycles. The van der Waals surface area contributed by atoms with Crippen LogP contribution in [0.5, 0.6) is 0 Å². The van der Waals surface area contributed by atoms with Gasteiger partial charge in [-0.05, 0) is 44.2 Å². The summed E-state index contributed by atoms with van der Waals surface area (Å²) in [6.07, 6.45) is -3.48. The zero-order valence-electron chi connectivity index (χ0n) is 12.1. The number of pyridine rings is 1. The summed E-state index contributed by atoms with van der Waals surface area (Å²) in [5.41, 5.74) is 3.07. The average Bonchev–Trinajstić information content (AvgIpc) is 2.41. The maximum Gasteiger partial charge on any atom is 0.417 e. The largest absolute Gasteiger partial charge is 0.417 e. The van der Waals surface area contributed by atoms with E-state index in [4.69, 9.17) is 0 Å². The van der Waals surface area contributed by atoms with Gasteiger partial charge in [0.1, 0.15) is 0 Å². The van der Waals surface area contributed by atoms with E-state index in [9.17, 15) is 13.2 Å². The van der Waals surface area contributed by atoms with Crippen molar-refractivity contribution in [1.29, 1.82) is 0 Å². The second-order valence-corrected chi connectivity index (χ2v) is 5.05. The first kappa shape index (κ1) is 15.5. The number of aromatic nitrogens is 1. The van der Waals surface area contributed by atoms with Crippen LogP contribution in [0.25, 0.3) is 0 Å². The Kier molecular flexibility index (Phi) is 4.32. The van der Waals surface area contributed by atoms with Gasteiger partial charge in [-0.2, -0.15) is 13.2 Å². The maximum absolute atomic E-state index is 12.6. The lowest BCUT2D eigenvalue weighted by atomic mass is 9.96. The van der Waals surface area contributed by atoms with Crippen molar-refractivity contribution in [1.82, 2.24) is 10.3 Å². The fraction of sp³-hybridized carbons (Fsp3) is 0.312. The molecule has 0 aliphatic carbocycles. The predicted molar refractivity (Wildman–Crippen MR) is 76.1 cm³/mol. The van der Waals surface area contributed by atoms with Gasteiger partial charge in [0.15, 0.2) is 0 Å². The zero-order valence-corrected chi connectivity index (χ0v) is 12.1. The highest BCUT2D eigenvalue weighted by Gasteiger charge is 2.31. The molecular formula is C16H17F3N2. The number of hydrogen-bond acceptors (Lipinski definition) is 2. The summed E-state index contributed by atoms with van der Waals surface area (Å²) in [6.45, 7) is 3.98. The third-order valence-electron chi connectivity index (χ3n) is 3.43.